The van der Waals surface area contributed by atoms with Gasteiger partial charge >= 0.3 is 29.6 Å². The first kappa shape index (κ1) is 16.4. The van der Waals surface area contributed by atoms with Gasteiger partial charge in [-0.25, -0.2) is 0 Å². The molecule has 0 spiro atoms. The molecule has 0 bridgehead atoms. The number of rotatable bonds is 1. The van der Waals surface area contributed by atoms with Crippen molar-refractivity contribution in [1.82, 2.24) is 0 Å². The first-order valence-corrected chi connectivity index (χ1v) is 4.21. The maximum absolute atomic E-state index is 8.56. The van der Waals surface area contributed by atoms with E-state index in [1.807, 2.05) is 6.07 Å². The molecule has 1 aromatic rings. The van der Waals surface area contributed by atoms with Gasteiger partial charge in [-0.15, -0.1) is 0 Å². The first-order chi connectivity index (χ1) is 6.26. The largest absolute Gasteiger partial charge is 1.00 e. The van der Waals surface area contributed by atoms with Crippen LogP contribution in [0.2, 0.25) is 0 Å². The average molecular weight is 266 g/mol. The van der Waals surface area contributed by atoms with E-state index in [-0.39, 0.29) is 29.6 Å². The normalized spacial score (nSPS) is 7.36. The number of hydrogen-bond donors (Lipinski definition) is 0. The number of methoxy groups -OCH3 is 1. The zero-order valence-electron chi connectivity index (χ0n) is 8.37. The van der Waals surface area contributed by atoms with Crippen molar-refractivity contribution in [2.24, 2.45) is 0 Å². The van der Waals surface area contributed by atoms with Gasteiger partial charge < -0.3 is 9.84 Å². The fourth-order valence-corrected chi connectivity index (χ4v) is 1.22. The van der Waals surface area contributed by atoms with Crippen molar-refractivity contribution in [3.8, 4) is 11.8 Å². The Kier molecular flexibility index (Phi) is 11.1. The summed E-state index contributed by atoms with van der Waals surface area (Å²) in [5.41, 5.74) is 0.594. The minimum absolute atomic E-state index is 0. The summed E-state index contributed by atoms with van der Waals surface area (Å²) < 4.78 is 5.81. The second kappa shape index (κ2) is 9.50. The molecule has 3 nitrogen and oxygen atoms in total. The van der Waals surface area contributed by atoms with Crippen LogP contribution in [0.5, 0.6) is 5.75 Å². The summed E-state index contributed by atoms with van der Waals surface area (Å²) in [5, 5.41) is 16.8. The Morgan fingerprint density at radius 1 is 1.36 bits per heavy atom. The molecule has 0 aliphatic heterocycles. The number of nitriles is 1. The van der Waals surface area contributed by atoms with E-state index in [1.165, 1.54) is 0 Å². The minimum Gasteiger partial charge on any atom is -0.857 e. The van der Waals surface area contributed by atoms with Gasteiger partial charge in [0.15, 0.2) is 0 Å². The van der Waals surface area contributed by atoms with Crippen LogP contribution in [-0.2, 0) is 0 Å². The Labute approximate surface area is 114 Å². The third-order valence-electron chi connectivity index (χ3n) is 1.24. The molecule has 0 N–H and O–H groups in total. The summed E-state index contributed by atoms with van der Waals surface area (Å²) in [4.78, 5) is 0. The molecule has 0 aromatic heterocycles. The molecular weight excluding hydrogens is 257 g/mol. The summed E-state index contributed by atoms with van der Waals surface area (Å²) in [5.74, 6) is 0.691. The minimum atomic E-state index is 0. The van der Waals surface area contributed by atoms with E-state index >= 15 is 0 Å². The molecule has 0 amide bonds. The molecule has 0 radical (unpaired) electrons. The fraction of sp³-hybridized carbons (Fsp3) is 0.222. The molecule has 0 aliphatic rings. The summed E-state index contributed by atoms with van der Waals surface area (Å²) in [6.45, 7) is 0. The van der Waals surface area contributed by atoms with Crippen LogP contribution in [0.4, 0.5) is 0 Å². The van der Waals surface area contributed by atoms with E-state index < -0.39 is 0 Å². The molecule has 0 atom stereocenters. The predicted octanol–water partition coefficient (Wildman–Crippen LogP) is -1.69. The molecule has 0 saturated heterocycles. The third-order valence-corrected chi connectivity index (χ3v) is 1.69. The number of benzene rings is 1. The molecular formula is C9H9BrNNaO2. The Hall–Kier alpha value is -0.0500. The average Bonchev–Trinajstić information content (AvgIpc) is 2.20. The van der Waals surface area contributed by atoms with Gasteiger partial charge in [0, 0.05) is 4.47 Å². The molecule has 0 fully saturated rings. The van der Waals surface area contributed by atoms with E-state index in [2.05, 4.69) is 15.9 Å². The topological polar surface area (TPSA) is 56.1 Å². The van der Waals surface area contributed by atoms with Gasteiger partial charge in [0.1, 0.15) is 5.75 Å². The fourth-order valence-electron chi connectivity index (χ4n) is 0.745. The maximum atomic E-state index is 8.56. The molecule has 1 aromatic carbocycles. The van der Waals surface area contributed by atoms with Crippen LogP contribution in [0.3, 0.4) is 0 Å². The van der Waals surface area contributed by atoms with Gasteiger partial charge in [0.2, 0.25) is 0 Å². The molecule has 1 rings (SSSR count). The van der Waals surface area contributed by atoms with Gasteiger partial charge in [-0.3, -0.25) is 0 Å². The van der Waals surface area contributed by atoms with Crippen molar-refractivity contribution >= 4 is 15.9 Å². The SMILES string of the molecule is COc1cc(Br)cc(C#N)c1.C[O-].[Na+]. The molecule has 0 heterocycles. The van der Waals surface area contributed by atoms with Crippen molar-refractivity contribution in [3.63, 3.8) is 0 Å². The van der Waals surface area contributed by atoms with Crippen LogP contribution in [0, 0.1) is 11.3 Å². The second-order valence-electron chi connectivity index (χ2n) is 1.99. The van der Waals surface area contributed by atoms with Crippen LogP contribution >= 0.6 is 15.9 Å². The molecule has 0 unspecified atom stereocenters. The zero-order valence-corrected chi connectivity index (χ0v) is 12.0. The van der Waals surface area contributed by atoms with Crippen molar-refractivity contribution in [2.75, 3.05) is 14.2 Å². The Balaban J connectivity index is 0. The second-order valence-corrected chi connectivity index (χ2v) is 2.91. The molecule has 5 heteroatoms. The van der Waals surface area contributed by atoms with Crippen molar-refractivity contribution in [2.45, 2.75) is 0 Å². The number of nitrogens with zero attached hydrogens (tertiary/aromatic N) is 1. The van der Waals surface area contributed by atoms with E-state index in [9.17, 15) is 0 Å². The Morgan fingerprint density at radius 2 is 1.93 bits per heavy atom. The van der Waals surface area contributed by atoms with Crippen LogP contribution < -0.4 is 39.4 Å². The zero-order chi connectivity index (χ0) is 10.3. The van der Waals surface area contributed by atoms with Gasteiger partial charge in [-0.05, 0) is 18.2 Å². The smallest absolute Gasteiger partial charge is 0.857 e. The number of halogens is 1. The Bertz CT molecular complexity index is 312. The molecule has 70 valence electrons. The van der Waals surface area contributed by atoms with Gasteiger partial charge in [0.25, 0.3) is 0 Å². The van der Waals surface area contributed by atoms with Crippen molar-refractivity contribution < 1.29 is 39.4 Å². The summed E-state index contributed by atoms with van der Waals surface area (Å²) in [6, 6.07) is 7.26. The summed E-state index contributed by atoms with van der Waals surface area (Å²) in [6.07, 6.45) is 0. The Morgan fingerprint density at radius 3 is 2.36 bits per heavy atom. The summed E-state index contributed by atoms with van der Waals surface area (Å²) in [7, 11) is 2.32. The monoisotopic (exact) mass is 265 g/mol. The van der Waals surface area contributed by atoms with Crippen LogP contribution in [0.25, 0.3) is 0 Å². The standard InChI is InChI=1S/C8H6BrNO.CH3O.Na/c1-11-8-3-6(5-10)2-7(9)4-8;1-2;/h2-4H,1H3;1H3;/q;-1;+1. The third kappa shape index (κ3) is 5.63. The van der Waals surface area contributed by atoms with Crippen LogP contribution in [0.15, 0.2) is 22.7 Å². The van der Waals surface area contributed by atoms with E-state index in [0.29, 0.717) is 11.3 Å². The van der Waals surface area contributed by atoms with E-state index in [0.717, 1.165) is 11.6 Å². The van der Waals surface area contributed by atoms with Gasteiger partial charge in [-0.2, -0.15) is 12.4 Å². The number of hydrogen-bond acceptors (Lipinski definition) is 3. The van der Waals surface area contributed by atoms with Gasteiger partial charge in [-0.1, -0.05) is 15.9 Å². The molecule has 14 heavy (non-hydrogen) atoms. The van der Waals surface area contributed by atoms with Crippen LogP contribution in [0.1, 0.15) is 5.56 Å². The van der Waals surface area contributed by atoms with E-state index in [1.54, 1.807) is 25.3 Å². The van der Waals surface area contributed by atoms with Crippen molar-refractivity contribution in [3.05, 3.63) is 28.2 Å². The van der Waals surface area contributed by atoms with Crippen LogP contribution in [-0.4, -0.2) is 14.2 Å². The molecule has 0 saturated carbocycles. The predicted molar refractivity (Wildman–Crippen MR) is 51.3 cm³/mol. The number of ether oxygens (including phenoxy) is 1. The first-order valence-electron chi connectivity index (χ1n) is 3.42. The molecule has 0 aliphatic carbocycles. The summed E-state index contributed by atoms with van der Waals surface area (Å²) >= 11 is 3.26. The quantitative estimate of drug-likeness (QED) is 0.570. The van der Waals surface area contributed by atoms with Crippen molar-refractivity contribution in [1.29, 1.82) is 5.26 Å². The van der Waals surface area contributed by atoms with Gasteiger partial charge in [0.05, 0.1) is 18.7 Å². The maximum Gasteiger partial charge on any atom is 1.00 e. The van der Waals surface area contributed by atoms with E-state index in [4.69, 9.17) is 15.1 Å².